The highest BCUT2D eigenvalue weighted by Gasteiger charge is 2.27. The quantitative estimate of drug-likeness (QED) is 0.870. The van der Waals surface area contributed by atoms with Gasteiger partial charge >= 0.3 is 0 Å². The van der Waals surface area contributed by atoms with Crippen LogP contribution in [0.25, 0.3) is 11.4 Å². The highest BCUT2D eigenvalue weighted by Crippen LogP contribution is 2.29. The first-order valence-electron chi connectivity index (χ1n) is 6.61. The number of nitrogen functional groups attached to an aromatic ring is 1. The molecule has 1 aromatic heterocycles. The Labute approximate surface area is 125 Å². The van der Waals surface area contributed by atoms with Crippen molar-refractivity contribution < 1.29 is 4.74 Å². The minimum Gasteiger partial charge on any atom is -0.398 e. The maximum atomic E-state index is 5.93. The number of rotatable bonds is 3. The lowest BCUT2D eigenvalue weighted by atomic mass is 10.1. The maximum absolute atomic E-state index is 5.93. The van der Waals surface area contributed by atoms with Gasteiger partial charge in [-0.05, 0) is 64.3 Å². The number of ether oxygens (including phenoxy) is 1. The first kappa shape index (κ1) is 13.5. The predicted octanol–water partition coefficient (Wildman–Crippen LogP) is 2.42. The third kappa shape index (κ3) is 2.43. The van der Waals surface area contributed by atoms with Gasteiger partial charge in [-0.2, -0.15) is 0 Å². The summed E-state index contributed by atoms with van der Waals surface area (Å²) in [7, 11) is 0. The summed E-state index contributed by atoms with van der Waals surface area (Å²) in [5.74, 6) is 0.715. The van der Waals surface area contributed by atoms with Crippen LogP contribution in [-0.4, -0.2) is 32.9 Å². The second-order valence-corrected chi connectivity index (χ2v) is 5.83. The second kappa shape index (κ2) is 5.49. The summed E-state index contributed by atoms with van der Waals surface area (Å²) in [6.07, 6.45) is 2.31. The van der Waals surface area contributed by atoms with Crippen molar-refractivity contribution in [1.82, 2.24) is 20.2 Å². The molecule has 2 heterocycles. The van der Waals surface area contributed by atoms with E-state index in [1.54, 1.807) is 0 Å². The van der Waals surface area contributed by atoms with Gasteiger partial charge in [0.1, 0.15) is 0 Å². The van der Waals surface area contributed by atoms with Crippen LogP contribution in [0.5, 0.6) is 0 Å². The molecule has 20 heavy (non-hydrogen) atoms. The standard InChI is InChI=1S/C13H16BrN5O/c1-8(12-3-2-6-20-12)19-13(16-17-18-19)9-4-5-10(14)11(15)7-9/h4-5,7-8,12H,2-3,6,15H2,1H3. The molecule has 1 saturated heterocycles. The normalized spacial score (nSPS) is 20.2. The summed E-state index contributed by atoms with van der Waals surface area (Å²) in [5, 5.41) is 12.0. The van der Waals surface area contributed by atoms with Gasteiger partial charge in [0.25, 0.3) is 0 Å². The molecule has 7 heteroatoms. The Morgan fingerprint density at radius 3 is 3.05 bits per heavy atom. The Balaban J connectivity index is 1.94. The van der Waals surface area contributed by atoms with E-state index >= 15 is 0 Å². The van der Waals surface area contributed by atoms with Crippen molar-refractivity contribution >= 4 is 21.6 Å². The van der Waals surface area contributed by atoms with Crippen molar-refractivity contribution in [3.05, 3.63) is 22.7 Å². The van der Waals surface area contributed by atoms with Crippen LogP contribution in [0.1, 0.15) is 25.8 Å². The lowest BCUT2D eigenvalue weighted by molar-refractivity contribution is 0.0690. The molecule has 0 amide bonds. The van der Waals surface area contributed by atoms with E-state index in [-0.39, 0.29) is 12.1 Å². The van der Waals surface area contributed by atoms with E-state index in [0.29, 0.717) is 11.5 Å². The second-order valence-electron chi connectivity index (χ2n) is 4.98. The molecule has 2 atom stereocenters. The fourth-order valence-corrected chi connectivity index (χ4v) is 2.73. The van der Waals surface area contributed by atoms with Crippen LogP contribution in [0.2, 0.25) is 0 Å². The van der Waals surface area contributed by atoms with Crippen LogP contribution >= 0.6 is 15.9 Å². The Morgan fingerprint density at radius 1 is 1.50 bits per heavy atom. The molecular formula is C13H16BrN5O. The minimum absolute atomic E-state index is 0.104. The van der Waals surface area contributed by atoms with Crippen molar-refractivity contribution in [3.63, 3.8) is 0 Å². The largest absolute Gasteiger partial charge is 0.398 e. The van der Waals surface area contributed by atoms with Crippen molar-refractivity contribution in [2.24, 2.45) is 0 Å². The van der Waals surface area contributed by atoms with Crippen molar-refractivity contribution in [1.29, 1.82) is 0 Å². The van der Waals surface area contributed by atoms with E-state index in [4.69, 9.17) is 10.5 Å². The van der Waals surface area contributed by atoms with Gasteiger partial charge in [-0.25, -0.2) is 4.68 Å². The number of hydrogen-bond acceptors (Lipinski definition) is 5. The van der Waals surface area contributed by atoms with Crippen LogP contribution in [0.4, 0.5) is 5.69 Å². The van der Waals surface area contributed by atoms with Crippen LogP contribution in [0.15, 0.2) is 22.7 Å². The molecule has 106 valence electrons. The van der Waals surface area contributed by atoms with E-state index in [1.807, 2.05) is 22.9 Å². The Hall–Kier alpha value is -1.47. The van der Waals surface area contributed by atoms with E-state index < -0.39 is 0 Å². The molecule has 3 rings (SSSR count). The average Bonchev–Trinajstić information content (AvgIpc) is 3.11. The smallest absolute Gasteiger partial charge is 0.182 e. The van der Waals surface area contributed by atoms with Gasteiger partial charge in [0.15, 0.2) is 5.82 Å². The number of nitrogens with two attached hydrogens (primary N) is 1. The van der Waals surface area contributed by atoms with Gasteiger partial charge in [-0.15, -0.1) is 5.10 Å². The number of tetrazole rings is 1. The minimum atomic E-state index is 0.104. The fourth-order valence-electron chi connectivity index (χ4n) is 2.48. The average molecular weight is 338 g/mol. The van der Waals surface area contributed by atoms with Crippen LogP contribution in [0, 0.1) is 0 Å². The Bertz CT molecular complexity index is 609. The van der Waals surface area contributed by atoms with E-state index in [0.717, 1.165) is 29.5 Å². The Morgan fingerprint density at radius 2 is 2.35 bits per heavy atom. The molecule has 1 fully saturated rings. The number of halogens is 1. The van der Waals surface area contributed by atoms with Gasteiger partial charge < -0.3 is 10.5 Å². The fraction of sp³-hybridized carbons (Fsp3) is 0.462. The molecular weight excluding hydrogens is 322 g/mol. The molecule has 0 saturated carbocycles. The SMILES string of the molecule is CC(C1CCCO1)n1nnnc1-c1ccc(Br)c(N)c1. The summed E-state index contributed by atoms with van der Waals surface area (Å²) >= 11 is 3.39. The van der Waals surface area contributed by atoms with Crippen LogP contribution < -0.4 is 5.73 Å². The summed E-state index contributed by atoms with van der Waals surface area (Å²) in [6.45, 7) is 2.90. The van der Waals surface area contributed by atoms with Crippen molar-refractivity contribution in [2.75, 3.05) is 12.3 Å². The summed E-state index contributed by atoms with van der Waals surface area (Å²) in [5.41, 5.74) is 7.50. The van der Waals surface area contributed by atoms with Gasteiger partial charge in [-0.1, -0.05) is 0 Å². The third-order valence-corrected chi connectivity index (χ3v) is 4.36. The number of anilines is 1. The maximum Gasteiger partial charge on any atom is 0.182 e. The molecule has 6 nitrogen and oxygen atoms in total. The lowest BCUT2D eigenvalue weighted by Crippen LogP contribution is -2.22. The molecule has 1 aliphatic heterocycles. The molecule has 1 aromatic carbocycles. The molecule has 2 aromatic rings. The highest BCUT2D eigenvalue weighted by molar-refractivity contribution is 9.10. The molecule has 2 N–H and O–H groups in total. The monoisotopic (exact) mass is 337 g/mol. The van der Waals surface area contributed by atoms with E-state index in [1.165, 1.54) is 0 Å². The zero-order chi connectivity index (χ0) is 14.1. The molecule has 0 bridgehead atoms. The molecule has 1 aliphatic rings. The lowest BCUT2D eigenvalue weighted by Gasteiger charge is -2.19. The van der Waals surface area contributed by atoms with E-state index in [9.17, 15) is 0 Å². The number of nitrogens with zero attached hydrogens (tertiary/aromatic N) is 4. The van der Waals surface area contributed by atoms with Gasteiger partial charge in [0.2, 0.25) is 0 Å². The van der Waals surface area contributed by atoms with E-state index in [2.05, 4.69) is 38.4 Å². The molecule has 0 spiro atoms. The molecule has 0 aliphatic carbocycles. The van der Waals surface area contributed by atoms with Crippen molar-refractivity contribution in [2.45, 2.75) is 31.9 Å². The first-order chi connectivity index (χ1) is 9.66. The zero-order valence-electron chi connectivity index (χ0n) is 11.2. The van der Waals surface area contributed by atoms with Gasteiger partial charge in [-0.3, -0.25) is 0 Å². The molecule has 0 radical (unpaired) electrons. The van der Waals surface area contributed by atoms with Crippen LogP contribution in [-0.2, 0) is 4.74 Å². The summed E-state index contributed by atoms with van der Waals surface area (Å²) in [4.78, 5) is 0. The Kier molecular flexibility index (Phi) is 3.71. The van der Waals surface area contributed by atoms with Gasteiger partial charge in [0.05, 0.1) is 12.1 Å². The number of aromatic nitrogens is 4. The highest BCUT2D eigenvalue weighted by atomic mass is 79.9. The zero-order valence-corrected chi connectivity index (χ0v) is 12.7. The van der Waals surface area contributed by atoms with Crippen molar-refractivity contribution in [3.8, 4) is 11.4 Å². The predicted molar refractivity (Wildman–Crippen MR) is 79.1 cm³/mol. The molecule has 2 unspecified atom stereocenters. The van der Waals surface area contributed by atoms with Crippen LogP contribution in [0.3, 0.4) is 0 Å². The third-order valence-electron chi connectivity index (χ3n) is 3.64. The summed E-state index contributed by atoms with van der Waals surface area (Å²) < 4.78 is 8.41. The topological polar surface area (TPSA) is 78.8 Å². The number of hydrogen-bond donors (Lipinski definition) is 1. The summed E-state index contributed by atoms with van der Waals surface area (Å²) in [6, 6.07) is 5.83. The first-order valence-corrected chi connectivity index (χ1v) is 7.41. The van der Waals surface area contributed by atoms with Gasteiger partial charge in [0, 0.05) is 22.3 Å². The number of benzene rings is 1.